The lowest BCUT2D eigenvalue weighted by atomic mass is 10.1. The van der Waals surface area contributed by atoms with Gasteiger partial charge in [-0.2, -0.15) is 0 Å². The average molecular weight is 436 g/mol. The number of amides is 1. The first-order valence-electron chi connectivity index (χ1n) is 10.1. The molecule has 9 heteroatoms. The molecule has 3 aromatic heterocycles. The van der Waals surface area contributed by atoms with E-state index in [-0.39, 0.29) is 18.0 Å². The van der Waals surface area contributed by atoms with E-state index in [4.69, 9.17) is 14.2 Å². The van der Waals surface area contributed by atoms with Gasteiger partial charge >= 0.3 is 0 Å². The highest BCUT2D eigenvalue weighted by molar-refractivity contribution is 5.80. The van der Waals surface area contributed by atoms with Gasteiger partial charge in [0.25, 0.3) is 5.56 Å². The van der Waals surface area contributed by atoms with E-state index in [1.54, 1.807) is 56.2 Å². The smallest absolute Gasteiger partial charge is 0.276 e. The third-order valence-corrected chi connectivity index (χ3v) is 5.30. The van der Waals surface area contributed by atoms with Crippen LogP contribution in [-0.2, 0) is 17.8 Å². The van der Waals surface area contributed by atoms with E-state index in [1.165, 1.54) is 4.57 Å². The van der Waals surface area contributed by atoms with Crippen LogP contribution in [0.1, 0.15) is 5.56 Å². The number of aromatic nitrogens is 3. The number of hydrogen-bond donors (Lipinski definition) is 1. The standard InChI is InChI=1S/C23H24N4O5/c1-30-18-9-8-15(20(31-2)21(18)32-3)10-12-24-19(28)14-27-22-16(6-4-11-25-22)26-13-5-7-17(26)23(27)29/h4-9,11,13H,10,12,14H2,1-3H3,(H,24,28). The van der Waals surface area contributed by atoms with Gasteiger partial charge in [0.15, 0.2) is 17.1 Å². The van der Waals surface area contributed by atoms with Gasteiger partial charge in [0.2, 0.25) is 11.7 Å². The van der Waals surface area contributed by atoms with Gasteiger partial charge in [0, 0.05) is 24.5 Å². The van der Waals surface area contributed by atoms with E-state index >= 15 is 0 Å². The van der Waals surface area contributed by atoms with Crippen LogP contribution in [0.3, 0.4) is 0 Å². The van der Waals surface area contributed by atoms with Gasteiger partial charge in [-0.1, -0.05) is 6.07 Å². The van der Waals surface area contributed by atoms with E-state index in [2.05, 4.69) is 10.3 Å². The Labute approximate surface area is 184 Å². The van der Waals surface area contributed by atoms with Crippen molar-refractivity contribution in [1.29, 1.82) is 0 Å². The van der Waals surface area contributed by atoms with Crippen molar-refractivity contribution in [3.8, 4) is 17.2 Å². The SMILES string of the molecule is COc1ccc(CCNC(=O)Cn2c(=O)c3cccn3c3cccnc32)c(OC)c1OC. The molecule has 166 valence electrons. The molecule has 0 saturated carbocycles. The number of nitrogens with zero attached hydrogens (tertiary/aromatic N) is 3. The summed E-state index contributed by atoms with van der Waals surface area (Å²) in [5.74, 6) is 1.35. The second-order valence-electron chi connectivity index (χ2n) is 7.09. The number of carbonyl (C=O) groups is 1. The van der Waals surface area contributed by atoms with E-state index in [0.29, 0.717) is 41.4 Å². The molecule has 0 fully saturated rings. The highest BCUT2D eigenvalue weighted by atomic mass is 16.5. The molecular formula is C23H24N4O5. The van der Waals surface area contributed by atoms with Crippen LogP contribution in [0.5, 0.6) is 17.2 Å². The normalized spacial score (nSPS) is 11.0. The first-order valence-corrected chi connectivity index (χ1v) is 10.1. The third kappa shape index (κ3) is 3.73. The first-order chi connectivity index (χ1) is 15.6. The number of hydrogen-bond acceptors (Lipinski definition) is 6. The molecule has 4 aromatic rings. The zero-order valence-electron chi connectivity index (χ0n) is 18.1. The number of fused-ring (bicyclic) bond motifs is 3. The molecular weight excluding hydrogens is 412 g/mol. The van der Waals surface area contributed by atoms with Crippen molar-refractivity contribution in [2.45, 2.75) is 13.0 Å². The largest absolute Gasteiger partial charge is 0.493 e. The Morgan fingerprint density at radius 3 is 2.53 bits per heavy atom. The van der Waals surface area contributed by atoms with Crippen LogP contribution in [-0.4, -0.2) is 47.7 Å². The number of benzene rings is 1. The fraction of sp³-hybridized carbons (Fsp3) is 0.261. The number of rotatable bonds is 8. The number of carbonyl (C=O) groups excluding carboxylic acids is 1. The van der Waals surface area contributed by atoms with Gasteiger partial charge in [-0.3, -0.25) is 14.2 Å². The van der Waals surface area contributed by atoms with Crippen molar-refractivity contribution >= 4 is 22.6 Å². The van der Waals surface area contributed by atoms with Crippen LogP contribution in [0.2, 0.25) is 0 Å². The Morgan fingerprint density at radius 1 is 1.00 bits per heavy atom. The fourth-order valence-corrected chi connectivity index (χ4v) is 3.83. The maximum Gasteiger partial charge on any atom is 0.276 e. The molecule has 9 nitrogen and oxygen atoms in total. The molecule has 0 aliphatic heterocycles. The minimum atomic E-state index is -0.283. The van der Waals surface area contributed by atoms with Crippen molar-refractivity contribution in [1.82, 2.24) is 19.3 Å². The molecule has 1 amide bonds. The lowest BCUT2D eigenvalue weighted by Gasteiger charge is -2.16. The predicted molar refractivity (Wildman–Crippen MR) is 120 cm³/mol. The fourth-order valence-electron chi connectivity index (χ4n) is 3.83. The summed E-state index contributed by atoms with van der Waals surface area (Å²) in [5, 5.41) is 2.87. The molecule has 1 N–H and O–H groups in total. The quantitative estimate of drug-likeness (QED) is 0.454. The molecule has 0 saturated heterocycles. The van der Waals surface area contributed by atoms with E-state index in [1.807, 2.05) is 18.3 Å². The van der Waals surface area contributed by atoms with Gasteiger partial charge in [-0.15, -0.1) is 0 Å². The highest BCUT2D eigenvalue weighted by Crippen LogP contribution is 2.39. The van der Waals surface area contributed by atoms with Crippen LogP contribution in [0.15, 0.2) is 53.6 Å². The first kappa shape index (κ1) is 21.2. The molecule has 0 spiro atoms. The minimum absolute atomic E-state index is 0.128. The van der Waals surface area contributed by atoms with Crippen LogP contribution in [0, 0.1) is 0 Å². The summed E-state index contributed by atoms with van der Waals surface area (Å²) in [4.78, 5) is 29.9. The third-order valence-electron chi connectivity index (χ3n) is 5.30. The zero-order valence-corrected chi connectivity index (χ0v) is 18.1. The summed E-state index contributed by atoms with van der Waals surface area (Å²) in [6.45, 7) is 0.231. The molecule has 4 rings (SSSR count). The maximum absolute atomic E-state index is 12.9. The van der Waals surface area contributed by atoms with E-state index < -0.39 is 0 Å². The number of pyridine rings is 1. The van der Waals surface area contributed by atoms with Crippen molar-refractivity contribution < 1.29 is 19.0 Å². The Hall–Kier alpha value is -4.01. The lowest BCUT2D eigenvalue weighted by molar-refractivity contribution is -0.121. The Morgan fingerprint density at radius 2 is 1.78 bits per heavy atom. The molecule has 0 bridgehead atoms. The van der Waals surface area contributed by atoms with Gasteiger partial charge < -0.3 is 23.9 Å². The zero-order chi connectivity index (χ0) is 22.7. The van der Waals surface area contributed by atoms with Gasteiger partial charge in [-0.05, 0) is 36.8 Å². The van der Waals surface area contributed by atoms with Gasteiger partial charge in [0.05, 0.1) is 26.8 Å². The lowest BCUT2D eigenvalue weighted by Crippen LogP contribution is -2.34. The van der Waals surface area contributed by atoms with E-state index in [0.717, 1.165) is 11.1 Å². The predicted octanol–water partition coefficient (Wildman–Crippen LogP) is 2.03. The summed E-state index contributed by atoms with van der Waals surface area (Å²) in [7, 11) is 4.66. The second kappa shape index (κ2) is 9.01. The maximum atomic E-state index is 12.9. The van der Waals surface area contributed by atoms with Crippen molar-refractivity contribution in [2.75, 3.05) is 27.9 Å². The molecule has 0 radical (unpaired) electrons. The summed E-state index contributed by atoms with van der Waals surface area (Å²) < 4.78 is 19.4. The summed E-state index contributed by atoms with van der Waals surface area (Å²) in [6.07, 6.45) is 3.93. The summed E-state index contributed by atoms with van der Waals surface area (Å²) in [5.41, 5.74) is 2.31. The van der Waals surface area contributed by atoms with Gasteiger partial charge in [0.1, 0.15) is 12.1 Å². The summed E-state index contributed by atoms with van der Waals surface area (Å²) >= 11 is 0. The highest BCUT2D eigenvalue weighted by Gasteiger charge is 2.17. The monoisotopic (exact) mass is 436 g/mol. The molecule has 0 atom stereocenters. The number of ether oxygens (including phenoxy) is 3. The van der Waals surface area contributed by atoms with E-state index in [9.17, 15) is 9.59 Å². The number of methoxy groups -OCH3 is 3. The van der Waals surface area contributed by atoms with Crippen molar-refractivity contribution in [2.24, 2.45) is 0 Å². The Kier molecular flexibility index (Phi) is 5.98. The molecule has 32 heavy (non-hydrogen) atoms. The average Bonchev–Trinajstić information content (AvgIpc) is 3.31. The molecule has 0 aliphatic carbocycles. The van der Waals surface area contributed by atoms with Crippen molar-refractivity contribution in [3.05, 3.63) is 64.7 Å². The Balaban J connectivity index is 1.52. The number of nitrogens with one attached hydrogen (secondary N) is 1. The minimum Gasteiger partial charge on any atom is -0.493 e. The molecule has 0 unspecified atom stereocenters. The molecule has 1 aromatic carbocycles. The molecule has 0 aliphatic rings. The summed E-state index contributed by atoms with van der Waals surface area (Å²) in [6, 6.07) is 10.9. The van der Waals surface area contributed by atoms with Crippen LogP contribution < -0.4 is 25.1 Å². The Bertz CT molecular complexity index is 1340. The van der Waals surface area contributed by atoms with Crippen LogP contribution in [0.4, 0.5) is 0 Å². The molecule has 3 heterocycles. The topological polar surface area (TPSA) is 96.1 Å². The van der Waals surface area contributed by atoms with Crippen LogP contribution >= 0.6 is 0 Å². The van der Waals surface area contributed by atoms with Crippen LogP contribution in [0.25, 0.3) is 16.7 Å². The van der Waals surface area contributed by atoms with Crippen molar-refractivity contribution in [3.63, 3.8) is 0 Å². The second-order valence-corrected chi connectivity index (χ2v) is 7.09. The van der Waals surface area contributed by atoms with Gasteiger partial charge in [-0.25, -0.2) is 4.98 Å².